The number of allylic oxidation sites excluding steroid dienone is 2. The standard InChI is InChI=1S/C24H16Cl2F7NO3/c25-17-6-15(7-18(26)19(17)27)21(24(31,32)33)4-3-13(8-21)12-1-2-16-14(5-12)9-36-22(16)10-34(11-22)37-20(35)23(28,29)30/h1-3,5-7H,4,8-11H2. The van der Waals surface area contributed by atoms with Gasteiger partial charge in [0.1, 0.15) is 5.60 Å². The Morgan fingerprint density at radius 2 is 1.68 bits per heavy atom. The average Bonchev–Trinajstić information content (AvgIpc) is 3.39. The Balaban J connectivity index is 1.37. The third-order valence-electron chi connectivity index (χ3n) is 7.05. The molecule has 3 aliphatic rings. The molecule has 0 radical (unpaired) electrons. The van der Waals surface area contributed by atoms with Gasteiger partial charge >= 0.3 is 18.3 Å². The largest absolute Gasteiger partial charge is 0.492 e. The number of benzene rings is 2. The normalized spacial score (nSPS) is 23.1. The zero-order valence-electron chi connectivity index (χ0n) is 18.6. The Morgan fingerprint density at radius 3 is 2.27 bits per heavy atom. The van der Waals surface area contributed by atoms with Crippen LogP contribution in [-0.4, -0.2) is 36.5 Å². The summed E-state index contributed by atoms with van der Waals surface area (Å²) in [7, 11) is 0. The predicted molar refractivity (Wildman–Crippen MR) is 118 cm³/mol. The maximum atomic E-state index is 14.4. The molecule has 1 saturated heterocycles. The fourth-order valence-corrected chi connectivity index (χ4v) is 5.57. The predicted octanol–water partition coefficient (Wildman–Crippen LogP) is 6.87. The lowest BCUT2D eigenvalue weighted by atomic mass is 9.76. The lowest BCUT2D eigenvalue weighted by Crippen LogP contribution is -2.60. The average molecular weight is 570 g/mol. The van der Waals surface area contributed by atoms with E-state index in [-0.39, 0.29) is 25.3 Å². The molecule has 37 heavy (non-hydrogen) atoms. The molecule has 0 amide bonds. The first-order valence-electron chi connectivity index (χ1n) is 10.9. The highest BCUT2D eigenvalue weighted by Crippen LogP contribution is 2.55. The van der Waals surface area contributed by atoms with Crippen LogP contribution < -0.4 is 0 Å². The molecule has 2 aromatic carbocycles. The Hall–Kier alpha value is -2.34. The molecule has 1 fully saturated rings. The summed E-state index contributed by atoms with van der Waals surface area (Å²) in [6, 6.07) is 6.84. The second kappa shape index (κ2) is 8.59. The van der Waals surface area contributed by atoms with Crippen molar-refractivity contribution in [3.05, 3.63) is 74.5 Å². The van der Waals surface area contributed by atoms with Gasteiger partial charge in [-0.25, -0.2) is 9.18 Å². The molecule has 1 aliphatic carbocycles. The van der Waals surface area contributed by atoms with E-state index in [1.165, 1.54) is 6.08 Å². The van der Waals surface area contributed by atoms with E-state index in [4.69, 9.17) is 27.9 Å². The molecule has 198 valence electrons. The minimum Gasteiger partial charge on any atom is -0.363 e. The monoisotopic (exact) mass is 569 g/mol. The van der Waals surface area contributed by atoms with Crippen molar-refractivity contribution in [2.24, 2.45) is 0 Å². The fraction of sp³-hybridized carbons (Fsp3) is 0.375. The lowest BCUT2D eigenvalue weighted by Gasteiger charge is -2.45. The summed E-state index contributed by atoms with van der Waals surface area (Å²) in [6.45, 7) is -0.147. The van der Waals surface area contributed by atoms with Gasteiger partial charge in [-0.15, -0.1) is 5.06 Å². The molecule has 2 heterocycles. The van der Waals surface area contributed by atoms with Crippen molar-refractivity contribution in [2.45, 2.75) is 42.8 Å². The second-order valence-corrected chi connectivity index (χ2v) is 10.1. The van der Waals surface area contributed by atoms with E-state index < -0.39 is 58.0 Å². The van der Waals surface area contributed by atoms with Crippen molar-refractivity contribution in [1.29, 1.82) is 0 Å². The van der Waals surface area contributed by atoms with Crippen LogP contribution >= 0.6 is 23.2 Å². The summed E-state index contributed by atoms with van der Waals surface area (Å²) < 4.78 is 100. The molecule has 2 aromatic rings. The first-order valence-corrected chi connectivity index (χ1v) is 11.6. The molecule has 0 N–H and O–H groups in total. The van der Waals surface area contributed by atoms with Gasteiger partial charge in [-0.2, -0.15) is 26.3 Å². The molecule has 4 nitrogen and oxygen atoms in total. The van der Waals surface area contributed by atoms with Crippen LogP contribution in [0, 0.1) is 5.82 Å². The van der Waals surface area contributed by atoms with Crippen LogP contribution in [0.25, 0.3) is 5.57 Å². The van der Waals surface area contributed by atoms with Crippen molar-refractivity contribution >= 4 is 34.7 Å². The van der Waals surface area contributed by atoms with Gasteiger partial charge in [-0.3, -0.25) is 0 Å². The highest BCUT2D eigenvalue weighted by atomic mass is 35.5. The van der Waals surface area contributed by atoms with Gasteiger partial charge in [0, 0.05) is 0 Å². The summed E-state index contributed by atoms with van der Waals surface area (Å²) in [5.74, 6) is -3.33. The molecule has 1 atom stereocenters. The first kappa shape index (κ1) is 26.3. The zero-order chi connectivity index (χ0) is 27.0. The summed E-state index contributed by atoms with van der Waals surface area (Å²) in [4.78, 5) is 15.3. The summed E-state index contributed by atoms with van der Waals surface area (Å²) in [6.07, 6.45) is -9.18. The summed E-state index contributed by atoms with van der Waals surface area (Å²) in [5, 5.41) is -0.167. The molecule has 5 rings (SSSR count). The van der Waals surface area contributed by atoms with Gasteiger partial charge in [0.2, 0.25) is 0 Å². The van der Waals surface area contributed by atoms with Gasteiger partial charge in [-0.05, 0) is 58.9 Å². The lowest BCUT2D eigenvalue weighted by molar-refractivity contribution is -0.293. The van der Waals surface area contributed by atoms with Crippen molar-refractivity contribution < 1.29 is 45.1 Å². The molecule has 1 unspecified atom stereocenters. The van der Waals surface area contributed by atoms with E-state index in [0.29, 0.717) is 22.3 Å². The minimum absolute atomic E-state index is 0.0884. The van der Waals surface area contributed by atoms with Crippen molar-refractivity contribution in [2.75, 3.05) is 13.1 Å². The molecular formula is C24H16Cl2F7NO3. The van der Waals surface area contributed by atoms with Crippen LogP contribution in [0.5, 0.6) is 0 Å². The number of carbonyl (C=O) groups is 1. The Kier molecular flexibility index (Phi) is 6.10. The number of ether oxygens (including phenoxy) is 1. The third kappa shape index (κ3) is 4.29. The summed E-state index contributed by atoms with van der Waals surface area (Å²) >= 11 is 11.6. The molecule has 1 spiro atoms. The van der Waals surface area contributed by atoms with Crippen LogP contribution in [0.2, 0.25) is 10.0 Å². The van der Waals surface area contributed by atoms with Gasteiger partial charge in [0.25, 0.3) is 0 Å². The number of nitrogens with zero attached hydrogens (tertiary/aromatic N) is 1. The summed E-state index contributed by atoms with van der Waals surface area (Å²) in [5.41, 5.74) is -1.31. The van der Waals surface area contributed by atoms with E-state index in [2.05, 4.69) is 4.84 Å². The van der Waals surface area contributed by atoms with Crippen LogP contribution in [0.15, 0.2) is 36.4 Å². The number of hydroxylamine groups is 2. The molecule has 13 heteroatoms. The maximum absolute atomic E-state index is 14.4. The second-order valence-electron chi connectivity index (χ2n) is 9.27. The Morgan fingerprint density at radius 1 is 1.03 bits per heavy atom. The van der Waals surface area contributed by atoms with Gasteiger partial charge < -0.3 is 9.57 Å². The molecule has 0 bridgehead atoms. The van der Waals surface area contributed by atoms with Gasteiger partial charge in [0.05, 0.1) is 35.2 Å². The zero-order valence-corrected chi connectivity index (χ0v) is 20.1. The van der Waals surface area contributed by atoms with E-state index in [9.17, 15) is 35.5 Å². The van der Waals surface area contributed by atoms with Crippen LogP contribution in [0.4, 0.5) is 30.7 Å². The molecule has 2 aliphatic heterocycles. The molecular weight excluding hydrogens is 554 g/mol. The Bertz CT molecular complexity index is 1300. The number of alkyl halides is 6. The minimum atomic E-state index is -5.13. The van der Waals surface area contributed by atoms with E-state index in [0.717, 1.165) is 17.2 Å². The van der Waals surface area contributed by atoms with Crippen molar-refractivity contribution in [3.8, 4) is 0 Å². The number of halogens is 9. The first-order chi connectivity index (χ1) is 17.2. The van der Waals surface area contributed by atoms with Gasteiger partial charge in [-0.1, -0.05) is 41.4 Å². The Labute approximate surface area is 215 Å². The van der Waals surface area contributed by atoms with Crippen LogP contribution in [-0.2, 0) is 32.0 Å². The SMILES string of the molecule is O=C(ON1CC2(C1)OCc1cc(C3=CCC(c4cc(Cl)c(F)c(Cl)c4)(C(F)(F)F)C3)ccc12)C(F)(F)F. The number of fused-ring (bicyclic) bond motifs is 2. The van der Waals surface area contributed by atoms with Crippen LogP contribution in [0.1, 0.15) is 35.1 Å². The number of hydrogen-bond acceptors (Lipinski definition) is 4. The van der Waals surface area contributed by atoms with E-state index in [1.807, 2.05) is 0 Å². The van der Waals surface area contributed by atoms with E-state index in [1.54, 1.807) is 18.2 Å². The highest BCUT2D eigenvalue weighted by Gasteiger charge is 2.58. The van der Waals surface area contributed by atoms with E-state index >= 15 is 0 Å². The number of rotatable bonds is 3. The quantitative estimate of drug-likeness (QED) is 0.298. The topological polar surface area (TPSA) is 38.8 Å². The molecule has 0 saturated carbocycles. The van der Waals surface area contributed by atoms with Gasteiger partial charge in [0.15, 0.2) is 5.82 Å². The molecule has 0 aromatic heterocycles. The van der Waals surface area contributed by atoms with Crippen molar-refractivity contribution in [1.82, 2.24) is 5.06 Å². The van der Waals surface area contributed by atoms with Crippen LogP contribution in [0.3, 0.4) is 0 Å². The highest BCUT2D eigenvalue weighted by molar-refractivity contribution is 6.35. The number of carbonyl (C=O) groups excluding carboxylic acids is 1. The smallest absolute Gasteiger partial charge is 0.363 e. The fourth-order valence-electron chi connectivity index (χ4n) is 5.09. The number of hydrogen-bond donors (Lipinski definition) is 0. The van der Waals surface area contributed by atoms with Crippen molar-refractivity contribution in [3.63, 3.8) is 0 Å². The maximum Gasteiger partial charge on any atom is 0.492 e. The third-order valence-corrected chi connectivity index (χ3v) is 7.60.